The van der Waals surface area contributed by atoms with Crippen LogP contribution in [0.25, 0.3) is 0 Å². The molecule has 0 amide bonds. The monoisotopic (exact) mass is 329 g/mol. The Kier molecular flexibility index (Phi) is 6.01. The number of amidine groups is 2. The van der Waals surface area contributed by atoms with E-state index in [1.807, 2.05) is 24.3 Å². The van der Waals surface area contributed by atoms with Gasteiger partial charge in [0, 0.05) is 23.6 Å². The number of hydrogen-bond acceptors (Lipinski definition) is 4. The van der Waals surface area contributed by atoms with Gasteiger partial charge >= 0.3 is 0 Å². The van der Waals surface area contributed by atoms with Crippen LogP contribution in [0.5, 0.6) is 0 Å². The molecule has 0 aliphatic carbocycles. The Balaban J connectivity index is 0.000000253. The third-order valence-electron chi connectivity index (χ3n) is 2.83. The Morgan fingerprint density at radius 1 is 1.27 bits per heavy atom. The molecule has 4 rings (SSSR count). The SMILES string of the molecule is C1=NC(=NC[c-]2cccc2)C2N=CN=C2N1.[Fe].[c-]1[c-][c-][cH-][c-]1. The van der Waals surface area contributed by atoms with Crippen LogP contribution in [0.3, 0.4) is 0 Å². The molecule has 0 saturated heterocycles. The number of fused-ring (bicyclic) bond motifs is 1. The number of nitrogens with zero attached hydrogens (tertiary/aromatic N) is 4. The van der Waals surface area contributed by atoms with Gasteiger partial charge in [0.05, 0.1) is 6.34 Å². The summed E-state index contributed by atoms with van der Waals surface area (Å²) in [6.45, 7) is 0.638. The summed E-state index contributed by atoms with van der Waals surface area (Å²) in [7, 11) is 0. The Morgan fingerprint density at radius 2 is 2.05 bits per heavy atom. The molecule has 2 aromatic rings. The maximum Gasteiger partial charge on any atom is 0.168 e. The fourth-order valence-corrected chi connectivity index (χ4v) is 1.84. The number of rotatable bonds is 2. The van der Waals surface area contributed by atoms with Crippen molar-refractivity contribution in [3.05, 3.63) is 60.2 Å². The molecular weight excluding hydrogens is 318 g/mol. The summed E-state index contributed by atoms with van der Waals surface area (Å²) < 4.78 is 0. The van der Waals surface area contributed by atoms with E-state index < -0.39 is 0 Å². The van der Waals surface area contributed by atoms with E-state index in [1.165, 1.54) is 5.56 Å². The molecule has 114 valence electrons. The van der Waals surface area contributed by atoms with Crippen LogP contribution in [0.15, 0.2) is 50.3 Å². The predicted molar refractivity (Wildman–Crippen MR) is 81.9 cm³/mol. The van der Waals surface area contributed by atoms with E-state index >= 15 is 0 Å². The standard InChI is InChI=1S/C11H10N5.C5H.Fe/c1-2-4-8(3-1)5-12-10-9-11(14-6-13-9)16-7-15-10;1-2-4-5-3-1;/h1-4,6-7,9H,5H2,(H,12,13,14,15,16);1H;/q-1;-5;. The van der Waals surface area contributed by atoms with Crippen molar-refractivity contribution in [2.45, 2.75) is 12.6 Å². The molecule has 1 unspecified atom stereocenters. The van der Waals surface area contributed by atoms with Gasteiger partial charge in [0.1, 0.15) is 12.2 Å². The summed E-state index contributed by atoms with van der Waals surface area (Å²) in [5.74, 6) is 1.52. The molecule has 2 aliphatic rings. The second-order valence-electron chi connectivity index (χ2n) is 4.23. The van der Waals surface area contributed by atoms with Gasteiger partial charge in [-0.2, -0.15) is 12.1 Å². The summed E-state index contributed by atoms with van der Waals surface area (Å²) in [6.07, 6.45) is 3.15. The predicted octanol–water partition coefficient (Wildman–Crippen LogP) is 1.35. The minimum atomic E-state index is -0.139. The molecule has 0 radical (unpaired) electrons. The van der Waals surface area contributed by atoms with Gasteiger partial charge in [-0.3, -0.25) is 9.98 Å². The average molecular weight is 329 g/mol. The van der Waals surface area contributed by atoms with Crippen molar-refractivity contribution in [3.8, 4) is 0 Å². The minimum absolute atomic E-state index is 0. The Bertz CT molecular complexity index is 648. The second-order valence-corrected chi connectivity index (χ2v) is 4.23. The van der Waals surface area contributed by atoms with E-state index in [-0.39, 0.29) is 23.1 Å². The van der Waals surface area contributed by atoms with Gasteiger partial charge in [-0.1, -0.05) is 0 Å². The van der Waals surface area contributed by atoms with Crippen LogP contribution >= 0.6 is 0 Å². The van der Waals surface area contributed by atoms with E-state index in [9.17, 15) is 0 Å². The maximum atomic E-state index is 4.45. The number of hydrogen-bond donors (Lipinski definition) is 1. The topological polar surface area (TPSA) is 61.5 Å². The van der Waals surface area contributed by atoms with Gasteiger partial charge < -0.3 is 35.6 Å². The first-order valence-electron chi connectivity index (χ1n) is 6.39. The molecular formula is C16H11FeN5-6. The molecule has 1 N–H and O–H groups in total. The van der Waals surface area contributed by atoms with E-state index in [0.29, 0.717) is 12.4 Å². The van der Waals surface area contributed by atoms with Crippen LogP contribution in [0.4, 0.5) is 0 Å². The van der Waals surface area contributed by atoms with Crippen molar-refractivity contribution >= 4 is 24.3 Å². The maximum absolute atomic E-state index is 4.45. The molecule has 5 nitrogen and oxygen atoms in total. The zero-order chi connectivity index (χ0) is 14.3. The zero-order valence-electron chi connectivity index (χ0n) is 11.5. The van der Waals surface area contributed by atoms with Gasteiger partial charge in [-0.05, 0) is 0 Å². The minimum Gasteiger partial charge on any atom is -0.999 e. The zero-order valence-corrected chi connectivity index (χ0v) is 12.6. The average Bonchev–Trinajstić information content (AvgIpc) is 3.28. The first-order chi connectivity index (χ1) is 10.4. The normalized spacial score (nSPS) is 19.5. The molecule has 2 heterocycles. The summed E-state index contributed by atoms with van der Waals surface area (Å²) in [5, 5.41) is 2.96. The van der Waals surface area contributed by atoms with Gasteiger partial charge in [-0.25, -0.2) is 22.1 Å². The molecule has 1 atom stereocenters. The van der Waals surface area contributed by atoms with E-state index in [0.717, 1.165) is 5.84 Å². The summed E-state index contributed by atoms with van der Waals surface area (Å²) in [5.41, 5.74) is 1.18. The number of nitrogens with one attached hydrogen (secondary N) is 1. The van der Waals surface area contributed by atoms with Gasteiger partial charge in [0.25, 0.3) is 0 Å². The summed E-state index contributed by atoms with van der Waals surface area (Å²) in [4.78, 5) is 16.9. The van der Waals surface area contributed by atoms with Crippen LogP contribution in [-0.4, -0.2) is 30.4 Å². The largest absolute Gasteiger partial charge is 0.999 e. The van der Waals surface area contributed by atoms with Gasteiger partial charge in [0.2, 0.25) is 0 Å². The Hall–Kier alpha value is -2.30. The molecule has 0 aromatic heterocycles. The first kappa shape index (κ1) is 16.1. The molecule has 0 saturated carbocycles. The second kappa shape index (κ2) is 8.22. The molecule has 6 heteroatoms. The smallest absolute Gasteiger partial charge is 0.168 e. The Labute approximate surface area is 139 Å². The summed E-state index contributed by atoms with van der Waals surface area (Å²) >= 11 is 0. The van der Waals surface area contributed by atoms with Crippen molar-refractivity contribution in [1.82, 2.24) is 5.32 Å². The van der Waals surface area contributed by atoms with Crippen molar-refractivity contribution in [2.75, 3.05) is 0 Å². The molecule has 0 bridgehead atoms. The molecule has 0 fully saturated rings. The van der Waals surface area contributed by atoms with Crippen molar-refractivity contribution < 1.29 is 17.1 Å². The van der Waals surface area contributed by atoms with Crippen LogP contribution in [0.1, 0.15) is 5.56 Å². The molecule has 2 aliphatic heterocycles. The Morgan fingerprint density at radius 3 is 2.73 bits per heavy atom. The van der Waals surface area contributed by atoms with Crippen molar-refractivity contribution in [2.24, 2.45) is 20.0 Å². The third kappa shape index (κ3) is 4.10. The van der Waals surface area contributed by atoms with Crippen LogP contribution in [0, 0.1) is 24.3 Å². The van der Waals surface area contributed by atoms with Crippen molar-refractivity contribution in [1.29, 1.82) is 0 Å². The van der Waals surface area contributed by atoms with Gasteiger partial charge in [0.15, 0.2) is 11.9 Å². The van der Waals surface area contributed by atoms with E-state index in [1.54, 1.807) is 18.7 Å². The van der Waals surface area contributed by atoms with Gasteiger partial charge in [-0.15, -0.1) is 5.56 Å². The van der Waals surface area contributed by atoms with Crippen LogP contribution in [0.2, 0.25) is 0 Å². The van der Waals surface area contributed by atoms with E-state index in [2.05, 4.69) is 49.6 Å². The summed E-state index contributed by atoms with van der Waals surface area (Å²) in [6, 6.07) is 20.0. The molecule has 22 heavy (non-hydrogen) atoms. The third-order valence-corrected chi connectivity index (χ3v) is 2.83. The fourth-order valence-electron chi connectivity index (χ4n) is 1.84. The quantitative estimate of drug-likeness (QED) is 0.656. The fraction of sp³-hybridized carbons (Fsp3) is 0.125. The first-order valence-corrected chi connectivity index (χ1v) is 6.39. The van der Waals surface area contributed by atoms with E-state index in [4.69, 9.17) is 0 Å². The van der Waals surface area contributed by atoms with Crippen LogP contribution in [-0.2, 0) is 23.6 Å². The molecule has 2 aromatic carbocycles. The molecule has 0 spiro atoms. The van der Waals surface area contributed by atoms with Crippen LogP contribution < -0.4 is 5.32 Å². The van der Waals surface area contributed by atoms with Crippen molar-refractivity contribution in [3.63, 3.8) is 0 Å². The number of aliphatic imine (C=N–C) groups is 4.